The first-order valence-corrected chi connectivity index (χ1v) is 5.93. The summed E-state index contributed by atoms with van der Waals surface area (Å²) >= 11 is 0. The maximum Gasteiger partial charge on any atom is 0.132 e. The van der Waals surface area contributed by atoms with Gasteiger partial charge in [-0.2, -0.15) is 0 Å². The molecule has 0 saturated carbocycles. The summed E-state index contributed by atoms with van der Waals surface area (Å²) in [6.45, 7) is 2.26. The second kappa shape index (κ2) is 6.38. The predicted molar refractivity (Wildman–Crippen MR) is 54.0 cm³/mol. The van der Waals surface area contributed by atoms with Gasteiger partial charge in [-0.3, -0.25) is 0 Å². The highest BCUT2D eigenvalue weighted by Crippen LogP contribution is 2.05. The molecule has 0 aliphatic rings. The Balaban J connectivity index is 0.00000121. The van der Waals surface area contributed by atoms with Gasteiger partial charge in [-0.25, -0.2) is 0 Å². The van der Waals surface area contributed by atoms with Crippen molar-refractivity contribution in [2.24, 2.45) is 0 Å². The third-order valence-corrected chi connectivity index (χ3v) is 3.56. The standard InChI is InChI=1S/C10H15S.ClH/c1-3-11(2)9-10-7-5-4-6-8-10;/h4-8H,3,9H2,1-2H3;1H/q+1;/p-1. The molecule has 2 heteroatoms. The molecule has 1 rings (SSSR count). The minimum absolute atomic E-state index is 0. The van der Waals surface area contributed by atoms with E-state index in [0.29, 0.717) is 10.9 Å². The zero-order chi connectivity index (χ0) is 8.10. The van der Waals surface area contributed by atoms with Crippen LogP contribution in [0.5, 0.6) is 0 Å². The van der Waals surface area contributed by atoms with Crippen LogP contribution in [0.4, 0.5) is 0 Å². The van der Waals surface area contributed by atoms with E-state index in [-0.39, 0.29) is 12.4 Å². The van der Waals surface area contributed by atoms with E-state index in [4.69, 9.17) is 0 Å². The molecule has 1 aromatic carbocycles. The topological polar surface area (TPSA) is 0 Å². The molecule has 0 amide bonds. The van der Waals surface area contributed by atoms with E-state index in [2.05, 4.69) is 43.5 Å². The molecular formula is C10H15ClS. The third-order valence-electron chi connectivity index (χ3n) is 1.75. The Bertz CT molecular complexity index is 198. The van der Waals surface area contributed by atoms with Gasteiger partial charge in [0.25, 0.3) is 0 Å². The number of benzene rings is 1. The van der Waals surface area contributed by atoms with E-state index >= 15 is 0 Å². The van der Waals surface area contributed by atoms with Crippen LogP contribution >= 0.6 is 0 Å². The highest BCUT2D eigenvalue weighted by Gasteiger charge is 2.06. The van der Waals surface area contributed by atoms with Crippen LogP contribution in [0.15, 0.2) is 30.3 Å². The molecule has 0 bridgehead atoms. The molecule has 0 aliphatic carbocycles. The van der Waals surface area contributed by atoms with Crippen LogP contribution < -0.4 is 12.4 Å². The summed E-state index contributed by atoms with van der Waals surface area (Å²) < 4.78 is 0. The lowest BCUT2D eigenvalue weighted by Crippen LogP contribution is -3.00. The Labute approximate surface area is 84.1 Å². The van der Waals surface area contributed by atoms with Gasteiger partial charge in [0.2, 0.25) is 0 Å². The molecule has 0 nitrogen and oxygen atoms in total. The van der Waals surface area contributed by atoms with Crippen LogP contribution in [-0.2, 0) is 16.6 Å². The Hall–Kier alpha value is -0.140. The van der Waals surface area contributed by atoms with Crippen molar-refractivity contribution in [2.75, 3.05) is 12.0 Å². The van der Waals surface area contributed by atoms with Gasteiger partial charge in [-0.15, -0.1) is 0 Å². The maximum absolute atomic E-state index is 2.33. The summed E-state index contributed by atoms with van der Waals surface area (Å²) in [6, 6.07) is 10.7. The van der Waals surface area contributed by atoms with Crippen LogP contribution in [-0.4, -0.2) is 12.0 Å². The summed E-state index contributed by atoms with van der Waals surface area (Å²) in [6.07, 6.45) is 2.33. The van der Waals surface area contributed by atoms with Gasteiger partial charge < -0.3 is 12.4 Å². The third kappa shape index (κ3) is 4.03. The van der Waals surface area contributed by atoms with E-state index in [1.54, 1.807) is 0 Å². The molecule has 0 aromatic heterocycles. The number of hydrogen-bond donors (Lipinski definition) is 0. The highest BCUT2D eigenvalue weighted by molar-refractivity contribution is 7.95. The first kappa shape index (κ1) is 11.9. The van der Waals surface area contributed by atoms with Crippen molar-refractivity contribution >= 4 is 10.9 Å². The van der Waals surface area contributed by atoms with Crippen LogP contribution in [0.1, 0.15) is 12.5 Å². The molecule has 12 heavy (non-hydrogen) atoms. The second-order valence-electron chi connectivity index (χ2n) is 2.70. The van der Waals surface area contributed by atoms with E-state index in [1.807, 2.05) is 0 Å². The molecule has 68 valence electrons. The molecule has 0 N–H and O–H groups in total. The van der Waals surface area contributed by atoms with Crippen molar-refractivity contribution in [2.45, 2.75) is 12.7 Å². The molecule has 0 spiro atoms. The van der Waals surface area contributed by atoms with Crippen LogP contribution in [0.25, 0.3) is 0 Å². The average Bonchev–Trinajstić information content (AvgIpc) is 2.06. The van der Waals surface area contributed by atoms with E-state index in [9.17, 15) is 0 Å². The number of rotatable bonds is 3. The highest BCUT2D eigenvalue weighted by atomic mass is 35.5. The minimum atomic E-state index is 0. The fourth-order valence-corrected chi connectivity index (χ4v) is 1.93. The molecule has 1 aromatic rings. The summed E-state index contributed by atoms with van der Waals surface area (Å²) in [5.74, 6) is 2.55. The van der Waals surface area contributed by atoms with Crippen LogP contribution in [0.2, 0.25) is 0 Å². The normalized spacial score (nSPS) is 11.8. The smallest absolute Gasteiger partial charge is 0.132 e. The van der Waals surface area contributed by atoms with Gasteiger partial charge in [0.15, 0.2) is 0 Å². The Kier molecular flexibility index (Phi) is 6.31. The fraction of sp³-hybridized carbons (Fsp3) is 0.400. The predicted octanol–water partition coefficient (Wildman–Crippen LogP) is -0.541. The minimum Gasteiger partial charge on any atom is -1.00 e. The zero-order valence-electron chi connectivity index (χ0n) is 7.59. The Morgan fingerprint density at radius 1 is 1.17 bits per heavy atom. The monoisotopic (exact) mass is 202 g/mol. The van der Waals surface area contributed by atoms with E-state index in [0.717, 1.165) is 0 Å². The summed E-state index contributed by atoms with van der Waals surface area (Å²) in [5, 5.41) is 0. The van der Waals surface area contributed by atoms with Crippen molar-refractivity contribution in [3.05, 3.63) is 35.9 Å². The summed E-state index contributed by atoms with van der Waals surface area (Å²) in [5.41, 5.74) is 1.47. The fourth-order valence-electron chi connectivity index (χ4n) is 0.961. The van der Waals surface area contributed by atoms with E-state index in [1.165, 1.54) is 17.1 Å². The van der Waals surface area contributed by atoms with Gasteiger partial charge in [0.05, 0.1) is 6.26 Å². The van der Waals surface area contributed by atoms with Gasteiger partial charge in [-0.05, 0) is 17.8 Å². The lowest BCUT2D eigenvalue weighted by molar-refractivity contribution is -0.00000241. The largest absolute Gasteiger partial charge is 1.00 e. The van der Waals surface area contributed by atoms with Crippen molar-refractivity contribution in [1.29, 1.82) is 0 Å². The quantitative estimate of drug-likeness (QED) is 0.578. The van der Waals surface area contributed by atoms with Crippen LogP contribution in [0, 0.1) is 0 Å². The van der Waals surface area contributed by atoms with E-state index < -0.39 is 0 Å². The van der Waals surface area contributed by atoms with Gasteiger partial charge in [0, 0.05) is 5.56 Å². The maximum atomic E-state index is 2.33. The molecular weight excluding hydrogens is 188 g/mol. The lowest BCUT2D eigenvalue weighted by atomic mass is 10.2. The zero-order valence-corrected chi connectivity index (χ0v) is 9.16. The van der Waals surface area contributed by atoms with Crippen molar-refractivity contribution in [3.8, 4) is 0 Å². The summed E-state index contributed by atoms with van der Waals surface area (Å²) in [4.78, 5) is 0. The summed E-state index contributed by atoms with van der Waals surface area (Å²) in [7, 11) is 0.572. The van der Waals surface area contributed by atoms with Crippen molar-refractivity contribution in [3.63, 3.8) is 0 Å². The molecule has 0 saturated heterocycles. The lowest BCUT2D eigenvalue weighted by Gasteiger charge is -1.99. The SMILES string of the molecule is CC[S+](C)Cc1ccccc1.[Cl-]. The van der Waals surface area contributed by atoms with Crippen LogP contribution in [0.3, 0.4) is 0 Å². The molecule has 1 atom stereocenters. The Morgan fingerprint density at radius 3 is 2.25 bits per heavy atom. The van der Waals surface area contributed by atoms with Gasteiger partial charge in [0.1, 0.15) is 11.5 Å². The molecule has 1 unspecified atom stereocenters. The molecule has 0 fully saturated rings. The number of hydrogen-bond acceptors (Lipinski definition) is 0. The van der Waals surface area contributed by atoms with Gasteiger partial charge >= 0.3 is 0 Å². The molecule has 0 heterocycles. The molecule has 0 aliphatic heterocycles. The van der Waals surface area contributed by atoms with Crippen molar-refractivity contribution < 1.29 is 12.4 Å². The number of halogens is 1. The Morgan fingerprint density at radius 2 is 1.75 bits per heavy atom. The van der Waals surface area contributed by atoms with Crippen molar-refractivity contribution in [1.82, 2.24) is 0 Å². The average molecular weight is 203 g/mol. The first-order chi connectivity index (χ1) is 5.33. The second-order valence-corrected chi connectivity index (χ2v) is 5.13. The molecule has 0 radical (unpaired) electrons. The van der Waals surface area contributed by atoms with Gasteiger partial charge in [-0.1, -0.05) is 30.3 Å². The first-order valence-electron chi connectivity index (χ1n) is 3.96.